The number of benzene rings is 4. The predicted octanol–water partition coefficient (Wildman–Crippen LogP) is 5.88. The molecule has 6 rings (SSSR count). The van der Waals surface area contributed by atoms with E-state index in [2.05, 4.69) is 13.2 Å². The lowest BCUT2D eigenvalue weighted by Crippen LogP contribution is -2.36. The molecule has 1 unspecified atom stereocenters. The lowest BCUT2D eigenvalue weighted by Gasteiger charge is -2.17. The number of aliphatic hydroxyl groups is 1. The molecule has 0 bridgehead atoms. The Morgan fingerprint density at radius 3 is 1.27 bits per heavy atom. The summed E-state index contributed by atoms with van der Waals surface area (Å²) in [5.74, 6) is -3.18. The van der Waals surface area contributed by atoms with Gasteiger partial charge < -0.3 is 61.9 Å². The first-order chi connectivity index (χ1) is 33.9. The van der Waals surface area contributed by atoms with Gasteiger partial charge in [0.05, 0.1) is 61.9 Å². The van der Waals surface area contributed by atoms with Crippen LogP contribution in [0.1, 0.15) is 67.1 Å². The molecule has 70 heavy (non-hydrogen) atoms. The van der Waals surface area contributed by atoms with Crippen LogP contribution in [0.2, 0.25) is 0 Å². The highest BCUT2D eigenvalue weighted by molar-refractivity contribution is 5.93. The van der Waals surface area contributed by atoms with Crippen LogP contribution in [0.15, 0.2) is 122 Å². The molecule has 20 nitrogen and oxygen atoms in total. The Balaban J connectivity index is 0.875. The average molecular weight is 969 g/mol. The van der Waals surface area contributed by atoms with Gasteiger partial charge in [-0.05, 0) is 123 Å². The number of rotatable bonds is 24. The molecule has 4 aromatic carbocycles. The molecule has 1 N–H and O–H groups in total. The highest BCUT2D eigenvalue weighted by atomic mass is 16.8. The first kappa shape index (κ1) is 51.5. The fourth-order valence-electron chi connectivity index (χ4n) is 6.51. The summed E-state index contributed by atoms with van der Waals surface area (Å²) >= 11 is 0. The minimum absolute atomic E-state index is 0.0151. The van der Waals surface area contributed by atoms with Gasteiger partial charge in [-0.2, -0.15) is 0 Å². The summed E-state index contributed by atoms with van der Waals surface area (Å²) in [6.45, 7) is 5.57. The molecule has 0 radical (unpaired) electrons. The molecule has 0 amide bonds. The number of carbonyl (C=O) groups is 7. The molecule has 0 aliphatic carbocycles. The van der Waals surface area contributed by atoms with Gasteiger partial charge >= 0.3 is 48.4 Å². The van der Waals surface area contributed by atoms with Crippen molar-refractivity contribution in [2.45, 2.75) is 56.6 Å². The second-order valence-corrected chi connectivity index (χ2v) is 15.0. The van der Waals surface area contributed by atoms with Gasteiger partial charge in [0, 0.05) is 12.2 Å². The number of unbranched alkanes of at least 4 members (excludes halogenated alkanes) is 2. The van der Waals surface area contributed by atoms with Gasteiger partial charge in [0.15, 0.2) is 12.2 Å². The molecule has 0 saturated carbocycles. The van der Waals surface area contributed by atoms with Crippen LogP contribution >= 0.6 is 0 Å². The number of fused-ring (bicyclic) bond motifs is 1. The van der Waals surface area contributed by atoms with Gasteiger partial charge in [-0.1, -0.05) is 13.2 Å². The fraction of sp³-hybridized carbons (Fsp3) is 0.300. The lowest BCUT2D eigenvalue weighted by atomic mass is 10.1. The number of aliphatic hydroxyl groups excluding tert-OH is 1. The van der Waals surface area contributed by atoms with Gasteiger partial charge in [-0.3, -0.25) is 0 Å². The van der Waals surface area contributed by atoms with Crippen LogP contribution in [0, 0.1) is 0 Å². The van der Waals surface area contributed by atoms with Crippen molar-refractivity contribution in [3.8, 4) is 23.0 Å². The zero-order valence-corrected chi connectivity index (χ0v) is 37.5. The fourth-order valence-corrected chi connectivity index (χ4v) is 6.51. The summed E-state index contributed by atoms with van der Waals surface area (Å²) in [6, 6.07) is 22.7. The number of hydrogen-bond donors (Lipinski definition) is 1. The van der Waals surface area contributed by atoms with Crippen molar-refractivity contribution >= 4 is 42.0 Å². The van der Waals surface area contributed by atoms with E-state index in [-0.39, 0.29) is 84.9 Å². The summed E-state index contributed by atoms with van der Waals surface area (Å²) in [4.78, 5) is 85.7. The Bertz CT molecular complexity index is 2450. The van der Waals surface area contributed by atoms with Crippen molar-refractivity contribution in [1.82, 2.24) is 0 Å². The summed E-state index contributed by atoms with van der Waals surface area (Å²) in [5.41, 5.74) is 0.656. The molecule has 2 aliphatic rings. The topological polar surface area (TPSA) is 250 Å². The van der Waals surface area contributed by atoms with E-state index in [0.29, 0.717) is 25.7 Å². The summed E-state index contributed by atoms with van der Waals surface area (Å²) in [6.07, 6.45) is 0.0843. The number of esters is 6. The van der Waals surface area contributed by atoms with E-state index in [1.54, 1.807) is 0 Å². The van der Waals surface area contributed by atoms with Crippen LogP contribution in [-0.4, -0.2) is 118 Å². The maximum Gasteiger partial charge on any atom is 0.513 e. The number of hydrogen-bond acceptors (Lipinski definition) is 20. The van der Waals surface area contributed by atoms with Crippen molar-refractivity contribution in [2.24, 2.45) is 0 Å². The molecule has 2 aliphatic heterocycles. The Hall–Kier alpha value is -7.91. The second-order valence-electron chi connectivity index (χ2n) is 15.0. The van der Waals surface area contributed by atoms with Crippen LogP contribution in [0.5, 0.6) is 23.0 Å². The van der Waals surface area contributed by atoms with E-state index < -0.39 is 72.9 Å². The summed E-state index contributed by atoms with van der Waals surface area (Å²) in [5, 5.41) is 9.98. The zero-order valence-electron chi connectivity index (χ0n) is 37.5. The lowest BCUT2D eigenvalue weighted by molar-refractivity contribution is -0.217. The average Bonchev–Trinajstić information content (AvgIpc) is 3.96. The second kappa shape index (κ2) is 26.0. The van der Waals surface area contributed by atoms with Crippen molar-refractivity contribution in [2.75, 3.05) is 39.6 Å². The molecule has 2 saturated heterocycles. The van der Waals surface area contributed by atoms with Crippen molar-refractivity contribution in [1.29, 1.82) is 0 Å². The largest absolute Gasteiger partial charge is 0.513 e. The van der Waals surface area contributed by atoms with Crippen molar-refractivity contribution in [3.05, 3.63) is 145 Å². The number of ether oxygens (including phenoxy) is 12. The quantitative estimate of drug-likeness (QED) is 0.0164. The molecule has 2 fully saturated rings. The van der Waals surface area contributed by atoms with E-state index in [4.69, 9.17) is 56.8 Å². The molecule has 0 spiro atoms. The Morgan fingerprint density at radius 1 is 0.500 bits per heavy atom. The van der Waals surface area contributed by atoms with E-state index in [9.17, 15) is 38.7 Å². The Kier molecular flexibility index (Phi) is 19.1. The van der Waals surface area contributed by atoms with Gasteiger partial charge in [0.25, 0.3) is 0 Å². The van der Waals surface area contributed by atoms with Crippen LogP contribution in [-0.2, 0) is 47.5 Å². The standard InChI is InChI=1S/C50H48O20/c1-3-41(51)59-25-5-7-27-61-49(57)67-37-21-13-31(14-22-37)45(53)65-35-17-9-33(10-18-35)47(55)69-39-29-63-44-40(30-64-43(39)44)70-48(56)34-11-19-36(20-12-34)66-46(54)32-15-23-38(24-16-32)68-50(58)62-28-8-6-26-60-42(52)4-2/h3-4,9-24,39-40,43-44,49,57H,1-2,5-8,25-30H2/t39-,40+,43+,44+,49?/m0/s1. The van der Waals surface area contributed by atoms with Crippen molar-refractivity contribution < 1.29 is 95.5 Å². The first-order valence-electron chi connectivity index (χ1n) is 21.8. The maximum atomic E-state index is 13.1. The van der Waals surface area contributed by atoms with Crippen LogP contribution < -0.4 is 18.9 Å². The first-order valence-corrected chi connectivity index (χ1v) is 21.8. The highest BCUT2D eigenvalue weighted by Gasteiger charge is 2.51. The van der Waals surface area contributed by atoms with E-state index in [0.717, 1.165) is 12.2 Å². The highest BCUT2D eigenvalue weighted by Crippen LogP contribution is 2.32. The molecule has 20 heteroatoms. The monoisotopic (exact) mass is 968 g/mol. The summed E-state index contributed by atoms with van der Waals surface area (Å²) < 4.78 is 64.1. The molecule has 4 aromatic rings. The Labute approximate surface area is 400 Å². The maximum absolute atomic E-state index is 13.1. The SMILES string of the molecule is C=CC(=O)OCCCCOC(=O)Oc1ccc(C(=O)Oc2ccc(C(=O)O[C@@H]3CO[C@H]4[C@@H]3OC[C@@H]4OC(=O)c3ccc(OC(=O)c4ccc(OC(O)OCCCCOC(=O)C=C)cc4)cc3)cc2)cc1. The minimum atomic E-state index is -1.56. The van der Waals surface area contributed by atoms with E-state index in [1.165, 1.54) is 97.1 Å². The van der Waals surface area contributed by atoms with Crippen LogP contribution in [0.25, 0.3) is 0 Å². The van der Waals surface area contributed by atoms with Gasteiger partial charge in [-0.25, -0.2) is 33.6 Å². The normalized spacial score (nSPS) is 17.1. The minimum Gasteiger partial charge on any atom is -0.463 e. The van der Waals surface area contributed by atoms with Crippen LogP contribution in [0.3, 0.4) is 0 Å². The van der Waals surface area contributed by atoms with E-state index >= 15 is 0 Å². The third-order valence-electron chi connectivity index (χ3n) is 10.1. The molecule has 2 heterocycles. The molecular formula is C50H48O20. The Morgan fingerprint density at radius 2 is 0.857 bits per heavy atom. The van der Waals surface area contributed by atoms with E-state index in [1.807, 2.05) is 0 Å². The van der Waals surface area contributed by atoms with Crippen molar-refractivity contribution in [3.63, 3.8) is 0 Å². The summed E-state index contributed by atoms with van der Waals surface area (Å²) in [7, 11) is 0. The zero-order chi connectivity index (χ0) is 49.8. The molecular weight excluding hydrogens is 921 g/mol. The van der Waals surface area contributed by atoms with Gasteiger partial charge in [-0.15, -0.1) is 0 Å². The smallest absolute Gasteiger partial charge is 0.463 e. The third-order valence-corrected chi connectivity index (χ3v) is 10.1. The predicted molar refractivity (Wildman–Crippen MR) is 239 cm³/mol. The molecule has 0 aromatic heterocycles. The third kappa shape index (κ3) is 15.6. The molecule has 368 valence electrons. The molecule has 5 atom stereocenters. The van der Waals surface area contributed by atoms with Gasteiger partial charge in [0.1, 0.15) is 35.2 Å². The van der Waals surface area contributed by atoms with Gasteiger partial charge in [0.2, 0.25) is 0 Å². The van der Waals surface area contributed by atoms with Crippen LogP contribution in [0.4, 0.5) is 4.79 Å². The number of carbonyl (C=O) groups excluding carboxylic acids is 7.